The zero-order valence-electron chi connectivity index (χ0n) is 15.6. The molecule has 2 unspecified atom stereocenters. The van der Waals surface area contributed by atoms with Crippen LogP contribution in [0.15, 0.2) is 65.0 Å². The number of hydrogen-bond acceptors (Lipinski definition) is 3. The topological polar surface area (TPSA) is 52.9 Å². The number of rotatable bonds is 2. The van der Waals surface area contributed by atoms with E-state index in [2.05, 4.69) is 11.4 Å². The van der Waals surface area contributed by atoms with E-state index in [0.29, 0.717) is 39.1 Å². The van der Waals surface area contributed by atoms with Crippen LogP contribution in [-0.2, 0) is 4.79 Å². The average Bonchev–Trinajstić information content (AvgIpc) is 2.67. The van der Waals surface area contributed by atoms with Gasteiger partial charge in [0.15, 0.2) is 5.78 Å². The third-order valence-corrected chi connectivity index (χ3v) is 6.38. The molecule has 3 nitrogen and oxygen atoms in total. The highest BCUT2D eigenvalue weighted by Gasteiger charge is 2.39. The van der Waals surface area contributed by atoms with Crippen molar-refractivity contribution in [2.45, 2.75) is 31.6 Å². The molecule has 4 rings (SSSR count). The number of dihydropyridines is 1. The molecule has 0 aromatic heterocycles. The van der Waals surface area contributed by atoms with Gasteiger partial charge in [0.2, 0.25) is 0 Å². The van der Waals surface area contributed by atoms with Crippen molar-refractivity contribution in [3.8, 4) is 6.07 Å². The number of allylic oxidation sites excluding steroid dienone is 4. The highest BCUT2D eigenvalue weighted by Crippen LogP contribution is 2.46. The Morgan fingerprint density at radius 2 is 1.72 bits per heavy atom. The van der Waals surface area contributed by atoms with Crippen molar-refractivity contribution in [3.05, 3.63) is 91.2 Å². The first-order valence-corrected chi connectivity index (χ1v) is 10.4. The molecule has 0 amide bonds. The SMILES string of the molecule is CC1=C(C#N)C(c2ccc(Cl)cc2Cl)C2=C(CC(c3ccc(Cl)cc3)CC2=O)N1. The molecule has 1 aliphatic heterocycles. The van der Waals surface area contributed by atoms with Gasteiger partial charge in [-0.05, 0) is 54.7 Å². The first-order chi connectivity index (χ1) is 13.9. The van der Waals surface area contributed by atoms with Crippen LogP contribution >= 0.6 is 34.8 Å². The summed E-state index contributed by atoms with van der Waals surface area (Å²) in [7, 11) is 0. The number of Topliss-reactive ketones (excluding diaryl/α,β-unsaturated/α-hetero) is 1. The number of nitriles is 1. The second-order valence-electron chi connectivity index (χ2n) is 7.35. The minimum atomic E-state index is -0.486. The van der Waals surface area contributed by atoms with Crippen LogP contribution in [0.1, 0.15) is 42.7 Å². The van der Waals surface area contributed by atoms with E-state index in [9.17, 15) is 10.1 Å². The van der Waals surface area contributed by atoms with Crippen molar-refractivity contribution in [1.29, 1.82) is 5.26 Å². The summed E-state index contributed by atoms with van der Waals surface area (Å²) in [5.74, 6) is -0.404. The Morgan fingerprint density at radius 3 is 2.38 bits per heavy atom. The molecule has 2 aliphatic rings. The Hall–Kier alpha value is -2.25. The number of halogens is 3. The van der Waals surface area contributed by atoms with Gasteiger partial charge in [0.05, 0.1) is 17.6 Å². The van der Waals surface area contributed by atoms with Gasteiger partial charge in [-0.25, -0.2) is 0 Å². The molecule has 1 aliphatic carbocycles. The zero-order valence-corrected chi connectivity index (χ0v) is 17.9. The maximum absolute atomic E-state index is 13.3. The first-order valence-electron chi connectivity index (χ1n) is 9.23. The Labute approximate surface area is 184 Å². The van der Waals surface area contributed by atoms with Gasteiger partial charge in [0.25, 0.3) is 0 Å². The third kappa shape index (κ3) is 3.69. The van der Waals surface area contributed by atoms with E-state index in [0.717, 1.165) is 22.5 Å². The van der Waals surface area contributed by atoms with Crippen molar-refractivity contribution in [2.24, 2.45) is 0 Å². The van der Waals surface area contributed by atoms with Gasteiger partial charge >= 0.3 is 0 Å². The van der Waals surface area contributed by atoms with Gasteiger partial charge < -0.3 is 5.32 Å². The van der Waals surface area contributed by atoms with Crippen LogP contribution in [0.5, 0.6) is 0 Å². The number of hydrogen-bond donors (Lipinski definition) is 1. The maximum atomic E-state index is 13.3. The Kier molecular flexibility index (Phi) is 5.44. The Morgan fingerprint density at radius 1 is 1.03 bits per heavy atom. The standard InChI is InChI=1S/C23H17Cl3N2O/c1-12-18(11-27)22(17-7-6-16(25)10-19(17)26)23-20(28-12)8-14(9-21(23)29)13-2-4-15(24)5-3-13/h2-7,10,14,22,28H,8-9H2,1H3. The second-order valence-corrected chi connectivity index (χ2v) is 8.63. The van der Waals surface area contributed by atoms with Crippen LogP contribution in [0, 0.1) is 11.3 Å². The van der Waals surface area contributed by atoms with Crippen molar-refractivity contribution in [1.82, 2.24) is 5.32 Å². The van der Waals surface area contributed by atoms with E-state index in [-0.39, 0.29) is 11.7 Å². The van der Waals surface area contributed by atoms with E-state index >= 15 is 0 Å². The van der Waals surface area contributed by atoms with Gasteiger partial charge in [-0.2, -0.15) is 5.26 Å². The zero-order chi connectivity index (χ0) is 20.7. The molecule has 1 heterocycles. The number of carbonyl (C=O) groups excluding carboxylic acids is 1. The lowest BCUT2D eigenvalue weighted by Crippen LogP contribution is -2.33. The van der Waals surface area contributed by atoms with E-state index in [1.54, 1.807) is 18.2 Å². The Balaban J connectivity index is 1.80. The lowest BCUT2D eigenvalue weighted by Gasteiger charge is -2.36. The lowest BCUT2D eigenvalue weighted by molar-refractivity contribution is -0.116. The number of benzene rings is 2. The summed E-state index contributed by atoms with van der Waals surface area (Å²) in [6.07, 6.45) is 1.06. The molecule has 0 spiro atoms. The van der Waals surface area contributed by atoms with Gasteiger partial charge in [-0.15, -0.1) is 0 Å². The summed E-state index contributed by atoms with van der Waals surface area (Å²) in [5, 5.41) is 14.7. The monoisotopic (exact) mass is 442 g/mol. The predicted molar refractivity (Wildman–Crippen MR) is 116 cm³/mol. The summed E-state index contributed by atoms with van der Waals surface area (Å²) in [5.41, 5.74) is 4.53. The van der Waals surface area contributed by atoms with Crippen molar-refractivity contribution in [3.63, 3.8) is 0 Å². The minimum Gasteiger partial charge on any atom is -0.361 e. The molecule has 0 radical (unpaired) electrons. The van der Waals surface area contributed by atoms with Crippen LogP contribution in [0.25, 0.3) is 0 Å². The van der Waals surface area contributed by atoms with Crippen LogP contribution in [0.4, 0.5) is 0 Å². The molecule has 1 N–H and O–H groups in total. The minimum absolute atomic E-state index is 0.0231. The third-order valence-electron chi connectivity index (χ3n) is 5.56. The second kappa shape index (κ2) is 7.88. The molecule has 2 atom stereocenters. The van der Waals surface area contributed by atoms with Crippen LogP contribution in [0.2, 0.25) is 15.1 Å². The van der Waals surface area contributed by atoms with Crippen LogP contribution in [-0.4, -0.2) is 5.78 Å². The fourth-order valence-corrected chi connectivity index (χ4v) is 4.85. The first kappa shape index (κ1) is 20.0. The number of ketones is 1. The summed E-state index contributed by atoms with van der Waals surface area (Å²) in [6.45, 7) is 1.86. The highest BCUT2D eigenvalue weighted by molar-refractivity contribution is 6.35. The molecule has 0 fully saturated rings. The van der Waals surface area contributed by atoms with Crippen molar-refractivity contribution in [2.75, 3.05) is 0 Å². The smallest absolute Gasteiger partial charge is 0.162 e. The molecular formula is C23H17Cl3N2O. The van der Waals surface area contributed by atoms with Gasteiger partial charge in [0.1, 0.15) is 0 Å². The number of nitrogens with zero attached hydrogens (tertiary/aromatic N) is 1. The summed E-state index contributed by atoms with van der Waals surface area (Å²) in [4.78, 5) is 13.3. The molecule has 0 bridgehead atoms. The van der Waals surface area contributed by atoms with Crippen LogP contribution < -0.4 is 5.32 Å². The molecule has 2 aromatic rings. The quantitative estimate of drug-likeness (QED) is 0.574. The molecule has 0 saturated heterocycles. The molecule has 2 aromatic carbocycles. The number of nitrogens with one attached hydrogen (secondary N) is 1. The van der Waals surface area contributed by atoms with Gasteiger partial charge in [-0.3, -0.25) is 4.79 Å². The van der Waals surface area contributed by atoms with E-state index in [1.165, 1.54) is 0 Å². The van der Waals surface area contributed by atoms with E-state index in [1.807, 2.05) is 31.2 Å². The summed E-state index contributed by atoms with van der Waals surface area (Å²) < 4.78 is 0. The predicted octanol–water partition coefficient (Wildman–Crippen LogP) is 6.53. The summed E-state index contributed by atoms with van der Waals surface area (Å²) >= 11 is 18.5. The maximum Gasteiger partial charge on any atom is 0.162 e. The molecule has 0 saturated carbocycles. The highest BCUT2D eigenvalue weighted by atomic mass is 35.5. The van der Waals surface area contributed by atoms with Crippen molar-refractivity contribution >= 4 is 40.6 Å². The van der Waals surface area contributed by atoms with Gasteiger partial charge in [-0.1, -0.05) is 53.0 Å². The fourth-order valence-electron chi connectivity index (χ4n) is 4.20. The molecule has 6 heteroatoms. The average molecular weight is 444 g/mol. The van der Waals surface area contributed by atoms with Gasteiger partial charge in [0, 0.05) is 38.5 Å². The lowest BCUT2D eigenvalue weighted by atomic mass is 9.72. The molecule has 29 heavy (non-hydrogen) atoms. The largest absolute Gasteiger partial charge is 0.361 e. The number of carbonyl (C=O) groups is 1. The van der Waals surface area contributed by atoms with Crippen molar-refractivity contribution < 1.29 is 4.79 Å². The van der Waals surface area contributed by atoms with E-state index in [4.69, 9.17) is 34.8 Å². The normalized spacial score (nSPS) is 21.6. The summed E-state index contributed by atoms with van der Waals surface area (Å²) in [6, 6.07) is 15.1. The molecular weight excluding hydrogens is 427 g/mol. The molecule has 146 valence electrons. The Bertz CT molecular complexity index is 1110. The fraction of sp³-hybridized carbons (Fsp3) is 0.217. The van der Waals surface area contributed by atoms with E-state index < -0.39 is 5.92 Å². The van der Waals surface area contributed by atoms with Crippen LogP contribution in [0.3, 0.4) is 0 Å².